The van der Waals surface area contributed by atoms with E-state index in [1.54, 1.807) is 0 Å². The summed E-state index contributed by atoms with van der Waals surface area (Å²) in [5.41, 5.74) is 1.33. The van der Waals surface area contributed by atoms with Gasteiger partial charge in [-0.2, -0.15) is 0 Å². The van der Waals surface area contributed by atoms with E-state index in [4.69, 9.17) is 0 Å². The van der Waals surface area contributed by atoms with Gasteiger partial charge in [0, 0.05) is 37.1 Å². The Morgan fingerprint density at radius 1 is 1.39 bits per heavy atom. The number of anilines is 2. The molecule has 3 heteroatoms. The Kier molecular flexibility index (Phi) is 4.85. The van der Waals surface area contributed by atoms with E-state index in [1.807, 2.05) is 6.20 Å². The van der Waals surface area contributed by atoms with Crippen LogP contribution < -0.4 is 10.2 Å². The van der Waals surface area contributed by atoms with Crippen LogP contribution in [0.1, 0.15) is 46.0 Å². The largest absolute Gasteiger partial charge is 0.370 e. The third kappa shape index (κ3) is 3.15. The lowest BCUT2D eigenvalue weighted by Crippen LogP contribution is -2.39. The van der Waals surface area contributed by atoms with Crippen molar-refractivity contribution in [3.05, 3.63) is 18.3 Å². The van der Waals surface area contributed by atoms with Crippen molar-refractivity contribution in [3.8, 4) is 0 Å². The molecule has 1 aliphatic rings. The summed E-state index contributed by atoms with van der Waals surface area (Å²) in [6.07, 6.45) is 8.32. The van der Waals surface area contributed by atoms with Crippen molar-refractivity contribution in [1.29, 1.82) is 0 Å². The molecule has 2 heterocycles. The quantitative estimate of drug-likeness (QED) is 0.860. The summed E-state index contributed by atoms with van der Waals surface area (Å²) < 4.78 is 0. The van der Waals surface area contributed by atoms with Gasteiger partial charge >= 0.3 is 0 Å². The minimum absolute atomic E-state index is 0.708. The number of piperidine rings is 1. The zero-order chi connectivity index (χ0) is 12.8. The van der Waals surface area contributed by atoms with E-state index in [1.165, 1.54) is 37.9 Å². The lowest BCUT2D eigenvalue weighted by atomic mass is 9.99. The lowest BCUT2D eigenvalue weighted by molar-refractivity contribution is 0.450. The summed E-state index contributed by atoms with van der Waals surface area (Å²) in [6, 6.07) is 5.05. The molecule has 1 unspecified atom stereocenters. The van der Waals surface area contributed by atoms with Crippen LogP contribution in [0.5, 0.6) is 0 Å². The summed E-state index contributed by atoms with van der Waals surface area (Å²) in [4.78, 5) is 6.94. The van der Waals surface area contributed by atoms with Crippen LogP contribution in [-0.4, -0.2) is 24.1 Å². The Bertz CT molecular complexity index is 365. The van der Waals surface area contributed by atoms with E-state index in [-0.39, 0.29) is 0 Å². The van der Waals surface area contributed by atoms with E-state index in [0.29, 0.717) is 6.04 Å². The Morgan fingerprint density at radius 2 is 2.28 bits per heavy atom. The highest BCUT2D eigenvalue weighted by Gasteiger charge is 2.21. The summed E-state index contributed by atoms with van der Waals surface area (Å²) in [6.45, 7) is 6.65. The standard InChI is InChI=1S/C15H25N3/c1-3-9-16-15-12-14(8-10-17-15)18-11-6-5-7-13(18)4-2/h8,10,12-13H,3-7,9,11H2,1-2H3,(H,16,17). The molecule has 1 atom stereocenters. The van der Waals surface area contributed by atoms with E-state index in [2.05, 4.69) is 41.2 Å². The van der Waals surface area contributed by atoms with Gasteiger partial charge in [-0.25, -0.2) is 4.98 Å². The maximum Gasteiger partial charge on any atom is 0.127 e. The summed E-state index contributed by atoms with van der Waals surface area (Å²) in [5, 5.41) is 3.37. The predicted octanol–water partition coefficient (Wildman–Crippen LogP) is 3.67. The molecule has 3 nitrogen and oxygen atoms in total. The molecule has 0 saturated carbocycles. The molecule has 1 aromatic heterocycles. The summed E-state index contributed by atoms with van der Waals surface area (Å²) >= 11 is 0. The van der Waals surface area contributed by atoms with Gasteiger partial charge < -0.3 is 10.2 Å². The molecule has 0 amide bonds. The second kappa shape index (κ2) is 6.62. The lowest BCUT2D eigenvalue weighted by Gasteiger charge is -2.37. The molecule has 0 aromatic carbocycles. The first kappa shape index (κ1) is 13.2. The smallest absolute Gasteiger partial charge is 0.127 e. The van der Waals surface area contributed by atoms with Crippen LogP contribution in [0.3, 0.4) is 0 Å². The molecule has 0 aliphatic carbocycles. The molecule has 100 valence electrons. The van der Waals surface area contributed by atoms with Crippen LogP contribution in [-0.2, 0) is 0 Å². The Morgan fingerprint density at radius 3 is 3.06 bits per heavy atom. The van der Waals surface area contributed by atoms with Gasteiger partial charge in [0.15, 0.2) is 0 Å². The highest BCUT2D eigenvalue weighted by atomic mass is 15.2. The molecular weight excluding hydrogens is 222 g/mol. The number of rotatable bonds is 5. The summed E-state index contributed by atoms with van der Waals surface area (Å²) in [5.74, 6) is 1.01. The number of nitrogens with zero attached hydrogens (tertiary/aromatic N) is 2. The minimum atomic E-state index is 0.708. The third-order valence-electron chi connectivity index (χ3n) is 3.73. The van der Waals surface area contributed by atoms with Crippen molar-refractivity contribution in [2.45, 2.75) is 52.0 Å². The van der Waals surface area contributed by atoms with Crippen molar-refractivity contribution in [3.63, 3.8) is 0 Å². The SMILES string of the molecule is CCCNc1cc(N2CCCCC2CC)ccn1. The molecule has 18 heavy (non-hydrogen) atoms. The predicted molar refractivity (Wildman–Crippen MR) is 78.3 cm³/mol. The van der Waals surface area contributed by atoms with Crippen LogP contribution in [0.4, 0.5) is 11.5 Å². The first-order valence-electron chi connectivity index (χ1n) is 7.31. The maximum atomic E-state index is 4.38. The monoisotopic (exact) mass is 247 g/mol. The van der Waals surface area contributed by atoms with Gasteiger partial charge in [0.25, 0.3) is 0 Å². The Hall–Kier alpha value is -1.25. The van der Waals surface area contributed by atoms with Crippen LogP contribution in [0, 0.1) is 0 Å². The molecule has 1 fully saturated rings. The van der Waals surface area contributed by atoms with Crippen molar-refractivity contribution in [2.75, 3.05) is 23.3 Å². The number of pyridine rings is 1. The molecular formula is C15H25N3. The van der Waals surface area contributed by atoms with Gasteiger partial charge in [-0.15, -0.1) is 0 Å². The van der Waals surface area contributed by atoms with Crippen LogP contribution >= 0.6 is 0 Å². The van der Waals surface area contributed by atoms with E-state index in [0.717, 1.165) is 18.8 Å². The highest BCUT2D eigenvalue weighted by molar-refractivity contribution is 5.54. The number of hydrogen-bond acceptors (Lipinski definition) is 3. The van der Waals surface area contributed by atoms with Gasteiger partial charge in [0.1, 0.15) is 5.82 Å². The second-order valence-corrected chi connectivity index (χ2v) is 5.08. The van der Waals surface area contributed by atoms with Gasteiger partial charge in [-0.05, 0) is 38.2 Å². The molecule has 2 rings (SSSR count). The molecule has 0 spiro atoms. The normalized spacial score (nSPS) is 19.9. The number of nitrogens with one attached hydrogen (secondary N) is 1. The topological polar surface area (TPSA) is 28.2 Å². The van der Waals surface area contributed by atoms with Gasteiger partial charge in [0.05, 0.1) is 0 Å². The van der Waals surface area contributed by atoms with Gasteiger partial charge in [-0.3, -0.25) is 0 Å². The van der Waals surface area contributed by atoms with Crippen molar-refractivity contribution >= 4 is 11.5 Å². The minimum Gasteiger partial charge on any atom is -0.370 e. The maximum absolute atomic E-state index is 4.38. The fourth-order valence-electron chi connectivity index (χ4n) is 2.71. The molecule has 1 aliphatic heterocycles. The molecule has 1 saturated heterocycles. The van der Waals surface area contributed by atoms with E-state index >= 15 is 0 Å². The fraction of sp³-hybridized carbons (Fsp3) is 0.667. The van der Waals surface area contributed by atoms with Gasteiger partial charge in [0.2, 0.25) is 0 Å². The van der Waals surface area contributed by atoms with Crippen LogP contribution in [0.25, 0.3) is 0 Å². The summed E-state index contributed by atoms with van der Waals surface area (Å²) in [7, 11) is 0. The number of aromatic nitrogens is 1. The van der Waals surface area contributed by atoms with Gasteiger partial charge in [-0.1, -0.05) is 13.8 Å². The molecule has 0 radical (unpaired) electrons. The zero-order valence-electron chi connectivity index (χ0n) is 11.7. The Labute approximate surface area is 111 Å². The van der Waals surface area contributed by atoms with Crippen molar-refractivity contribution < 1.29 is 0 Å². The van der Waals surface area contributed by atoms with Crippen molar-refractivity contribution in [2.24, 2.45) is 0 Å². The van der Waals surface area contributed by atoms with E-state index < -0.39 is 0 Å². The van der Waals surface area contributed by atoms with Crippen LogP contribution in [0.15, 0.2) is 18.3 Å². The highest BCUT2D eigenvalue weighted by Crippen LogP contribution is 2.27. The average molecular weight is 247 g/mol. The first-order chi connectivity index (χ1) is 8.85. The molecule has 1 aromatic rings. The first-order valence-corrected chi connectivity index (χ1v) is 7.31. The Balaban J connectivity index is 2.10. The zero-order valence-corrected chi connectivity index (χ0v) is 11.7. The van der Waals surface area contributed by atoms with Crippen LogP contribution in [0.2, 0.25) is 0 Å². The molecule has 1 N–H and O–H groups in total. The van der Waals surface area contributed by atoms with E-state index in [9.17, 15) is 0 Å². The third-order valence-corrected chi connectivity index (χ3v) is 3.73. The second-order valence-electron chi connectivity index (χ2n) is 5.08. The molecule has 0 bridgehead atoms. The fourth-order valence-corrected chi connectivity index (χ4v) is 2.71. The average Bonchev–Trinajstić information content (AvgIpc) is 2.45. The number of hydrogen-bond donors (Lipinski definition) is 1. The van der Waals surface area contributed by atoms with Crippen molar-refractivity contribution in [1.82, 2.24) is 4.98 Å².